The van der Waals surface area contributed by atoms with Crippen molar-refractivity contribution < 1.29 is 14.4 Å². The van der Waals surface area contributed by atoms with Crippen molar-refractivity contribution in [3.05, 3.63) is 34.1 Å². The first-order valence-corrected chi connectivity index (χ1v) is 5.14. The van der Waals surface area contributed by atoms with E-state index >= 15 is 0 Å². The van der Waals surface area contributed by atoms with Gasteiger partial charge in [0.05, 0.1) is 4.92 Å². The summed E-state index contributed by atoms with van der Waals surface area (Å²) in [6.07, 6.45) is 0. The van der Waals surface area contributed by atoms with E-state index < -0.39 is 16.4 Å². The molecule has 0 amide bonds. The van der Waals surface area contributed by atoms with Crippen LogP contribution in [0.25, 0.3) is 0 Å². The Balaban J connectivity index is 2.80. The Hall–Kier alpha value is -1.69. The molecule has 1 rings (SSSR count). The highest BCUT2D eigenvalue weighted by Crippen LogP contribution is 2.23. The topological polar surface area (TPSA) is 75.4 Å². The van der Waals surface area contributed by atoms with Gasteiger partial charge in [-0.2, -0.15) is 4.39 Å². The largest absolute Gasteiger partial charge is 0.396 e. The van der Waals surface area contributed by atoms with Crippen molar-refractivity contribution in [3.8, 4) is 0 Å². The van der Waals surface area contributed by atoms with Crippen molar-refractivity contribution in [2.45, 2.75) is 13.8 Å². The number of nitro groups is 1. The molecule has 2 N–H and O–H groups in total. The van der Waals surface area contributed by atoms with Crippen LogP contribution in [0.5, 0.6) is 0 Å². The zero-order valence-electron chi connectivity index (χ0n) is 9.74. The number of aliphatic hydroxyl groups excluding tert-OH is 1. The van der Waals surface area contributed by atoms with Gasteiger partial charge in [-0.05, 0) is 12.1 Å². The molecule has 17 heavy (non-hydrogen) atoms. The molecule has 5 nitrogen and oxygen atoms in total. The van der Waals surface area contributed by atoms with E-state index in [-0.39, 0.29) is 12.0 Å². The third-order valence-electron chi connectivity index (χ3n) is 2.34. The number of halogens is 1. The standard InChI is InChI=1S/C11H15FN2O3/c1-11(2,7-15)6-13-8-3-4-9(12)10(5-8)14(16)17/h3-5,13,15H,6-7H2,1-2H3. The van der Waals surface area contributed by atoms with Crippen molar-refractivity contribution >= 4 is 11.4 Å². The molecule has 0 heterocycles. The predicted molar refractivity (Wildman–Crippen MR) is 62.4 cm³/mol. The lowest BCUT2D eigenvalue weighted by Gasteiger charge is -2.22. The summed E-state index contributed by atoms with van der Waals surface area (Å²) < 4.78 is 13.1. The molecule has 94 valence electrons. The van der Waals surface area contributed by atoms with Crippen LogP contribution in [0.4, 0.5) is 15.8 Å². The van der Waals surface area contributed by atoms with E-state index in [4.69, 9.17) is 5.11 Å². The first-order chi connectivity index (χ1) is 7.85. The Labute approximate surface area is 98.4 Å². The Bertz CT molecular complexity index is 421. The number of nitrogens with one attached hydrogen (secondary N) is 1. The quantitative estimate of drug-likeness (QED) is 0.613. The first kappa shape index (κ1) is 13.4. The second-order valence-corrected chi connectivity index (χ2v) is 4.60. The van der Waals surface area contributed by atoms with Crippen LogP contribution in [0.3, 0.4) is 0 Å². The van der Waals surface area contributed by atoms with Gasteiger partial charge in [0.15, 0.2) is 0 Å². The van der Waals surface area contributed by atoms with Crippen LogP contribution < -0.4 is 5.32 Å². The van der Waals surface area contributed by atoms with E-state index in [2.05, 4.69) is 5.32 Å². The smallest absolute Gasteiger partial charge is 0.306 e. The van der Waals surface area contributed by atoms with E-state index in [1.807, 2.05) is 13.8 Å². The minimum atomic E-state index is -0.859. The highest BCUT2D eigenvalue weighted by Gasteiger charge is 2.18. The Morgan fingerprint density at radius 3 is 2.71 bits per heavy atom. The molecule has 0 aliphatic heterocycles. The van der Waals surface area contributed by atoms with E-state index in [9.17, 15) is 14.5 Å². The van der Waals surface area contributed by atoms with Crippen LogP contribution >= 0.6 is 0 Å². The molecule has 0 spiro atoms. The average molecular weight is 242 g/mol. The number of hydrogen-bond donors (Lipinski definition) is 2. The minimum Gasteiger partial charge on any atom is -0.396 e. The van der Waals surface area contributed by atoms with Crippen LogP contribution in [-0.2, 0) is 0 Å². The highest BCUT2D eigenvalue weighted by atomic mass is 19.1. The van der Waals surface area contributed by atoms with E-state index in [1.165, 1.54) is 6.07 Å². The maximum atomic E-state index is 13.1. The SMILES string of the molecule is CC(C)(CO)CNc1ccc(F)c([N+](=O)[O-])c1. The number of anilines is 1. The molecule has 0 aliphatic carbocycles. The van der Waals surface area contributed by atoms with Gasteiger partial charge in [0.1, 0.15) is 0 Å². The number of nitro benzene ring substituents is 1. The molecule has 1 aromatic rings. The van der Waals surface area contributed by atoms with Crippen molar-refractivity contribution in [3.63, 3.8) is 0 Å². The molecule has 0 aliphatic rings. The second-order valence-electron chi connectivity index (χ2n) is 4.60. The van der Waals surface area contributed by atoms with E-state index in [0.717, 1.165) is 12.1 Å². The third kappa shape index (κ3) is 3.67. The van der Waals surface area contributed by atoms with E-state index in [1.54, 1.807) is 0 Å². The zero-order chi connectivity index (χ0) is 13.1. The molecule has 1 aromatic carbocycles. The van der Waals surface area contributed by atoms with Gasteiger partial charge >= 0.3 is 5.69 Å². The van der Waals surface area contributed by atoms with E-state index in [0.29, 0.717) is 12.2 Å². The lowest BCUT2D eigenvalue weighted by molar-refractivity contribution is -0.387. The average Bonchev–Trinajstić information content (AvgIpc) is 2.27. The predicted octanol–water partition coefficient (Wildman–Crippen LogP) is 2.16. The van der Waals surface area contributed by atoms with Gasteiger partial charge in [0.2, 0.25) is 5.82 Å². The fourth-order valence-corrected chi connectivity index (χ4v) is 1.16. The van der Waals surface area contributed by atoms with Crippen LogP contribution in [0, 0.1) is 21.3 Å². The van der Waals surface area contributed by atoms with Crippen LogP contribution in [0.15, 0.2) is 18.2 Å². The van der Waals surface area contributed by atoms with Crippen molar-refractivity contribution in [2.75, 3.05) is 18.5 Å². The van der Waals surface area contributed by atoms with Crippen molar-refractivity contribution in [1.82, 2.24) is 0 Å². The number of hydrogen-bond acceptors (Lipinski definition) is 4. The summed E-state index contributed by atoms with van der Waals surface area (Å²) in [7, 11) is 0. The molecule has 6 heteroatoms. The number of rotatable bonds is 5. The summed E-state index contributed by atoms with van der Waals surface area (Å²) in [6.45, 7) is 4.12. The maximum Gasteiger partial charge on any atom is 0.306 e. The highest BCUT2D eigenvalue weighted by molar-refractivity contribution is 5.51. The maximum absolute atomic E-state index is 13.1. The van der Waals surface area contributed by atoms with Crippen molar-refractivity contribution in [2.24, 2.45) is 5.41 Å². The van der Waals surface area contributed by atoms with Crippen LogP contribution in [0.2, 0.25) is 0 Å². The number of benzene rings is 1. The van der Waals surface area contributed by atoms with Crippen molar-refractivity contribution in [1.29, 1.82) is 0 Å². The van der Waals surface area contributed by atoms with Gasteiger partial charge < -0.3 is 10.4 Å². The van der Waals surface area contributed by atoms with Gasteiger partial charge in [0, 0.05) is 30.3 Å². The summed E-state index contributed by atoms with van der Waals surface area (Å²) in [5.74, 6) is -0.859. The molecule has 0 aromatic heterocycles. The minimum absolute atomic E-state index is 0.0106. The molecule has 0 fully saturated rings. The summed E-state index contributed by atoms with van der Waals surface area (Å²) in [4.78, 5) is 9.76. The molecule has 0 atom stereocenters. The Morgan fingerprint density at radius 2 is 2.18 bits per heavy atom. The Morgan fingerprint density at radius 1 is 1.53 bits per heavy atom. The fraction of sp³-hybridized carbons (Fsp3) is 0.455. The second kappa shape index (κ2) is 5.09. The van der Waals surface area contributed by atoms with Gasteiger partial charge in [-0.25, -0.2) is 0 Å². The molecular weight excluding hydrogens is 227 g/mol. The summed E-state index contributed by atoms with van der Waals surface area (Å²) in [5.41, 5.74) is -0.445. The fourth-order valence-electron chi connectivity index (χ4n) is 1.16. The third-order valence-corrected chi connectivity index (χ3v) is 2.34. The number of aliphatic hydroxyl groups is 1. The van der Waals surface area contributed by atoms with Gasteiger partial charge in [-0.15, -0.1) is 0 Å². The van der Waals surface area contributed by atoms with Gasteiger partial charge in [-0.3, -0.25) is 10.1 Å². The normalized spacial score (nSPS) is 11.3. The van der Waals surface area contributed by atoms with Crippen LogP contribution in [-0.4, -0.2) is 23.2 Å². The van der Waals surface area contributed by atoms with Gasteiger partial charge in [-0.1, -0.05) is 13.8 Å². The molecule has 0 saturated heterocycles. The molecular formula is C11H15FN2O3. The lowest BCUT2D eigenvalue weighted by Crippen LogP contribution is -2.26. The summed E-state index contributed by atoms with van der Waals surface area (Å²) in [6, 6.07) is 3.62. The summed E-state index contributed by atoms with van der Waals surface area (Å²) in [5, 5.41) is 22.5. The molecule has 0 bridgehead atoms. The monoisotopic (exact) mass is 242 g/mol. The molecule has 0 saturated carbocycles. The first-order valence-electron chi connectivity index (χ1n) is 5.14. The molecule has 0 radical (unpaired) electrons. The Kier molecular flexibility index (Phi) is 4.01. The van der Waals surface area contributed by atoms with Gasteiger partial charge in [0.25, 0.3) is 0 Å². The summed E-state index contributed by atoms with van der Waals surface area (Å²) >= 11 is 0. The zero-order valence-corrected chi connectivity index (χ0v) is 9.74. The van der Waals surface area contributed by atoms with Crippen LogP contribution in [0.1, 0.15) is 13.8 Å². The lowest BCUT2D eigenvalue weighted by atomic mass is 9.95. The number of nitrogens with zero attached hydrogens (tertiary/aromatic N) is 1. The molecule has 0 unspecified atom stereocenters.